The molecule has 0 bridgehead atoms. The lowest BCUT2D eigenvalue weighted by atomic mass is 10.0. The van der Waals surface area contributed by atoms with Crippen molar-refractivity contribution in [3.8, 4) is 23.0 Å². The minimum atomic E-state index is -0.567. The fourth-order valence-corrected chi connectivity index (χ4v) is 3.95. The second-order valence-electron chi connectivity index (χ2n) is 7.73. The number of hydrogen-bond donors (Lipinski definition) is 1. The van der Waals surface area contributed by atoms with E-state index < -0.39 is 5.82 Å². The Bertz CT molecular complexity index is 1550. The van der Waals surface area contributed by atoms with Crippen molar-refractivity contribution in [2.75, 3.05) is 19.5 Å². The molecule has 6 nitrogen and oxygen atoms in total. The van der Waals surface area contributed by atoms with Gasteiger partial charge in [0.05, 0.1) is 19.7 Å². The summed E-state index contributed by atoms with van der Waals surface area (Å²) >= 11 is 0. The minimum absolute atomic E-state index is 0.0282. The molecule has 0 saturated carbocycles. The number of nitrogens with one attached hydrogen (secondary N) is 1. The van der Waals surface area contributed by atoms with Gasteiger partial charge in [-0.25, -0.2) is 4.39 Å². The number of carbonyl (C=O) groups is 1. The molecule has 5 rings (SSSR count). The molecule has 0 spiro atoms. The van der Waals surface area contributed by atoms with Crippen LogP contribution in [0.15, 0.2) is 85.1 Å². The Morgan fingerprint density at radius 3 is 2.31 bits per heavy atom. The predicted molar refractivity (Wildman–Crippen MR) is 133 cm³/mol. The molecule has 0 fully saturated rings. The van der Waals surface area contributed by atoms with Crippen LogP contribution in [-0.4, -0.2) is 25.1 Å². The standard InChI is InChI=1S/C28H21FN2O4/c1-33-25-15-21-22(16-26(25)34-2)30-14-13-23(21)35-24-12-11-18-19(27(24)29)9-6-10-20(18)28(32)31-17-7-4-3-5-8-17/h3-16H,1-2H3,(H,31,32). The molecular formula is C28H21FN2O4. The number of nitrogens with zero attached hydrogens (tertiary/aromatic N) is 1. The number of pyridine rings is 1. The first-order valence-corrected chi connectivity index (χ1v) is 10.8. The van der Waals surface area contributed by atoms with Crippen molar-refractivity contribution in [2.24, 2.45) is 0 Å². The van der Waals surface area contributed by atoms with Gasteiger partial charge in [0.2, 0.25) is 0 Å². The molecule has 7 heteroatoms. The van der Waals surface area contributed by atoms with E-state index >= 15 is 4.39 Å². The topological polar surface area (TPSA) is 69.7 Å². The number of carbonyl (C=O) groups excluding carboxylic acids is 1. The maximum absolute atomic E-state index is 15.6. The van der Waals surface area contributed by atoms with Gasteiger partial charge in [-0.15, -0.1) is 0 Å². The van der Waals surface area contributed by atoms with Crippen LogP contribution in [0.4, 0.5) is 10.1 Å². The lowest BCUT2D eigenvalue weighted by molar-refractivity contribution is 0.102. The molecule has 35 heavy (non-hydrogen) atoms. The van der Waals surface area contributed by atoms with E-state index in [-0.39, 0.29) is 17.0 Å². The summed E-state index contributed by atoms with van der Waals surface area (Å²) < 4.78 is 32.3. The van der Waals surface area contributed by atoms with Crippen molar-refractivity contribution in [2.45, 2.75) is 0 Å². The Balaban J connectivity index is 1.52. The van der Waals surface area contributed by atoms with Crippen molar-refractivity contribution in [3.05, 3.63) is 96.4 Å². The number of methoxy groups -OCH3 is 2. The first-order chi connectivity index (χ1) is 17.1. The largest absolute Gasteiger partial charge is 0.493 e. The molecule has 0 aliphatic heterocycles. The molecule has 0 radical (unpaired) electrons. The maximum Gasteiger partial charge on any atom is 0.256 e. The van der Waals surface area contributed by atoms with Gasteiger partial charge in [-0.05, 0) is 47.9 Å². The number of amides is 1. The zero-order chi connectivity index (χ0) is 24.4. The van der Waals surface area contributed by atoms with Gasteiger partial charge >= 0.3 is 0 Å². The second kappa shape index (κ2) is 9.30. The molecule has 4 aromatic carbocycles. The monoisotopic (exact) mass is 468 g/mol. The third kappa shape index (κ3) is 4.19. The fraction of sp³-hybridized carbons (Fsp3) is 0.0714. The molecule has 5 aromatic rings. The van der Waals surface area contributed by atoms with Gasteiger partial charge in [-0.1, -0.05) is 30.3 Å². The van der Waals surface area contributed by atoms with E-state index in [1.165, 1.54) is 13.2 Å². The fourth-order valence-electron chi connectivity index (χ4n) is 3.95. The quantitative estimate of drug-likeness (QED) is 0.304. The van der Waals surface area contributed by atoms with Crippen LogP contribution in [0, 0.1) is 5.82 Å². The third-order valence-corrected chi connectivity index (χ3v) is 5.66. The molecule has 1 aromatic heterocycles. The molecule has 1 N–H and O–H groups in total. The van der Waals surface area contributed by atoms with Gasteiger partial charge in [0.15, 0.2) is 23.1 Å². The van der Waals surface area contributed by atoms with Gasteiger partial charge < -0.3 is 19.5 Å². The van der Waals surface area contributed by atoms with Crippen molar-refractivity contribution >= 4 is 33.3 Å². The number of benzene rings is 4. The Labute approximate surface area is 200 Å². The number of ether oxygens (including phenoxy) is 3. The van der Waals surface area contributed by atoms with Crippen LogP contribution >= 0.6 is 0 Å². The van der Waals surface area contributed by atoms with Crippen molar-refractivity contribution in [1.82, 2.24) is 4.98 Å². The molecule has 0 unspecified atom stereocenters. The van der Waals surface area contributed by atoms with E-state index in [4.69, 9.17) is 14.2 Å². The Morgan fingerprint density at radius 2 is 1.54 bits per heavy atom. The minimum Gasteiger partial charge on any atom is -0.493 e. The van der Waals surface area contributed by atoms with Crippen LogP contribution < -0.4 is 19.5 Å². The summed E-state index contributed by atoms with van der Waals surface area (Å²) in [6, 6.07) is 22.4. The first-order valence-electron chi connectivity index (χ1n) is 10.8. The van der Waals surface area contributed by atoms with Crippen LogP contribution in [-0.2, 0) is 0 Å². The van der Waals surface area contributed by atoms with Gasteiger partial charge in [0.1, 0.15) is 5.75 Å². The van der Waals surface area contributed by atoms with E-state index in [9.17, 15) is 4.79 Å². The Kier molecular flexibility index (Phi) is 5.89. The summed E-state index contributed by atoms with van der Waals surface area (Å²) in [7, 11) is 3.08. The zero-order valence-electron chi connectivity index (χ0n) is 19.0. The van der Waals surface area contributed by atoms with Crippen molar-refractivity contribution in [3.63, 3.8) is 0 Å². The van der Waals surface area contributed by atoms with Crippen LogP contribution in [0.1, 0.15) is 10.4 Å². The van der Waals surface area contributed by atoms with Gasteiger partial charge in [-0.2, -0.15) is 0 Å². The molecule has 0 atom stereocenters. The summed E-state index contributed by atoms with van der Waals surface area (Å²) in [5, 5.41) is 4.24. The number of para-hydroxylation sites is 1. The molecule has 174 valence electrons. The molecule has 1 heterocycles. The first kappa shape index (κ1) is 22.2. The third-order valence-electron chi connectivity index (χ3n) is 5.66. The van der Waals surface area contributed by atoms with Crippen LogP contribution in [0.5, 0.6) is 23.0 Å². The average molecular weight is 468 g/mol. The molecule has 0 saturated heterocycles. The number of halogens is 1. The van der Waals surface area contributed by atoms with Crippen LogP contribution in [0.25, 0.3) is 21.7 Å². The second-order valence-corrected chi connectivity index (χ2v) is 7.73. The Morgan fingerprint density at radius 1 is 0.771 bits per heavy atom. The van der Waals surface area contributed by atoms with Gasteiger partial charge in [0.25, 0.3) is 5.91 Å². The summed E-state index contributed by atoms with van der Waals surface area (Å²) in [6.45, 7) is 0. The molecule has 0 aliphatic carbocycles. The number of hydrogen-bond acceptors (Lipinski definition) is 5. The van der Waals surface area contributed by atoms with Crippen molar-refractivity contribution < 1.29 is 23.4 Å². The van der Waals surface area contributed by atoms with Gasteiger partial charge in [0, 0.05) is 34.3 Å². The zero-order valence-corrected chi connectivity index (χ0v) is 19.0. The molecular weight excluding hydrogens is 447 g/mol. The summed E-state index contributed by atoms with van der Waals surface area (Å²) in [5.74, 6) is 0.583. The Hall–Kier alpha value is -4.65. The van der Waals surface area contributed by atoms with Crippen molar-refractivity contribution in [1.29, 1.82) is 0 Å². The lowest BCUT2D eigenvalue weighted by Crippen LogP contribution is -2.12. The molecule has 1 amide bonds. The number of fused-ring (bicyclic) bond motifs is 2. The highest BCUT2D eigenvalue weighted by atomic mass is 19.1. The highest BCUT2D eigenvalue weighted by Gasteiger charge is 2.17. The SMILES string of the molecule is COc1cc2nccc(Oc3ccc4c(C(=O)Nc5ccccc5)cccc4c3F)c2cc1OC. The number of aromatic nitrogens is 1. The highest BCUT2D eigenvalue weighted by molar-refractivity contribution is 6.13. The van der Waals surface area contributed by atoms with E-state index in [0.29, 0.717) is 44.8 Å². The van der Waals surface area contributed by atoms with Crippen LogP contribution in [0.2, 0.25) is 0 Å². The summed E-state index contributed by atoms with van der Waals surface area (Å²) in [6.07, 6.45) is 1.58. The summed E-state index contributed by atoms with van der Waals surface area (Å²) in [5.41, 5.74) is 1.63. The van der Waals surface area contributed by atoms with E-state index in [1.54, 1.807) is 67.9 Å². The lowest BCUT2D eigenvalue weighted by Gasteiger charge is -2.14. The highest BCUT2D eigenvalue weighted by Crippen LogP contribution is 2.38. The van der Waals surface area contributed by atoms with Gasteiger partial charge in [-0.3, -0.25) is 9.78 Å². The summed E-state index contributed by atoms with van der Waals surface area (Å²) in [4.78, 5) is 17.2. The normalized spacial score (nSPS) is 10.8. The molecule has 0 aliphatic rings. The average Bonchev–Trinajstić information content (AvgIpc) is 2.90. The smallest absolute Gasteiger partial charge is 0.256 e. The van der Waals surface area contributed by atoms with Crippen LogP contribution in [0.3, 0.4) is 0 Å². The van der Waals surface area contributed by atoms with E-state index in [0.717, 1.165) is 0 Å². The van der Waals surface area contributed by atoms with E-state index in [1.807, 2.05) is 18.2 Å². The number of anilines is 1. The predicted octanol–water partition coefficient (Wildman–Crippen LogP) is 6.59. The number of rotatable bonds is 6. The van der Waals surface area contributed by atoms with E-state index in [2.05, 4.69) is 10.3 Å². The maximum atomic E-state index is 15.6.